The van der Waals surface area contributed by atoms with Gasteiger partial charge in [0.15, 0.2) is 0 Å². The van der Waals surface area contributed by atoms with Crippen LogP contribution in [0.2, 0.25) is 0 Å². The van der Waals surface area contributed by atoms with Crippen molar-refractivity contribution in [2.45, 2.75) is 37.9 Å². The van der Waals surface area contributed by atoms with E-state index in [0.29, 0.717) is 30.5 Å². The zero-order chi connectivity index (χ0) is 19.6. The van der Waals surface area contributed by atoms with E-state index in [2.05, 4.69) is 14.8 Å². The quantitative estimate of drug-likeness (QED) is 0.778. The normalized spacial score (nSPS) is 17.8. The van der Waals surface area contributed by atoms with Crippen LogP contribution in [0.4, 0.5) is 10.1 Å². The van der Waals surface area contributed by atoms with Gasteiger partial charge in [-0.3, -0.25) is 4.72 Å². The number of carboxylic acid groups (broad SMARTS) is 1. The summed E-state index contributed by atoms with van der Waals surface area (Å²) in [4.78, 5) is 15.4. The summed E-state index contributed by atoms with van der Waals surface area (Å²) in [7, 11) is -4.13. The molecule has 144 valence electrons. The molecule has 0 spiro atoms. The van der Waals surface area contributed by atoms with Crippen molar-refractivity contribution in [1.82, 2.24) is 14.8 Å². The maximum absolute atomic E-state index is 14.4. The number of carboxylic acids is 1. The molecule has 8 nitrogen and oxygen atoms in total. The lowest BCUT2D eigenvalue weighted by molar-refractivity contribution is -0.132. The molecule has 0 amide bonds. The van der Waals surface area contributed by atoms with Crippen LogP contribution >= 0.6 is 0 Å². The van der Waals surface area contributed by atoms with Gasteiger partial charge in [-0.1, -0.05) is 12.5 Å². The first-order valence-corrected chi connectivity index (χ1v) is 9.99. The van der Waals surface area contributed by atoms with Crippen molar-refractivity contribution in [2.75, 3.05) is 4.72 Å². The maximum Gasteiger partial charge on any atom is 0.332 e. The molecule has 0 radical (unpaired) electrons. The molecule has 1 aliphatic carbocycles. The van der Waals surface area contributed by atoms with Gasteiger partial charge in [-0.05, 0) is 37.8 Å². The van der Waals surface area contributed by atoms with Crippen LogP contribution in [0.5, 0.6) is 0 Å². The monoisotopic (exact) mass is 394 g/mol. The number of anilines is 1. The van der Waals surface area contributed by atoms with Crippen molar-refractivity contribution in [3.8, 4) is 5.69 Å². The van der Waals surface area contributed by atoms with Crippen LogP contribution in [0.3, 0.4) is 0 Å². The highest BCUT2D eigenvalue weighted by atomic mass is 32.2. The number of aliphatic carboxylic acids is 1. The van der Waals surface area contributed by atoms with Gasteiger partial charge < -0.3 is 5.11 Å². The zero-order valence-electron chi connectivity index (χ0n) is 14.6. The second-order valence-electron chi connectivity index (χ2n) is 6.21. The van der Waals surface area contributed by atoms with Crippen LogP contribution in [0, 0.1) is 5.82 Å². The summed E-state index contributed by atoms with van der Waals surface area (Å²) in [6.07, 6.45) is 4.46. The Kier molecular flexibility index (Phi) is 5.26. The summed E-state index contributed by atoms with van der Waals surface area (Å²) in [5.41, 5.74) is 0.652. The molecule has 1 aromatic heterocycles. The summed E-state index contributed by atoms with van der Waals surface area (Å²) >= 11 is 0. The van der Waals surface area contributed by atoms with E-state index in [1.807, 2.05) is 0 Å². The van der Waals surface area contributed by atoms with Crippen molar-refractivity contribution in [1.29, 1.82) is 0 Å². The smallest absolute Gasteiger partial charge is 0.332 e. The number of rotatable bonds is 6. The largest absolute Gasteiger partial charge is 0.478 e. The molecule has 0 bridgehead atoms. The SMILES string of the molecule is CCC1=C(C(=O)O)C(S(=O)(=O)Nc2ccc(-n3cncn3)cc2F)CCC1. The van der Waals surface area contributed by atoms with Gasteiger partial charge in [-0.25, -0.2) is 27.3 Å². The highest BCUT2D eigenvalue weighted by Crippen LogP contribution is 2.33. The summed E-state index contributed by atoms with van der Waals surface area (Å²) < 4.78 is 43.6. The maximum atomic E-state index is 14.4. The first-order valence-electron chi connectivity index (χ1n) is 8.45. The number of hydrogen-bond acceptors (Lipinski definition) is 5. The second kappa shape index (κ2) is 7.47. The number of carbonyl (C=O) groups is 1. The van der Waals surface area contributed by atoms with Crippen molar-refractivity contribution in [2.24, 2.45) is 0 Å². The molecular weight excluding hydrogens is 375 g/mol. The van der Waals surface area contributed by atoms with Gasteiger partial charge >= 0.3 is 5.97 Å². The van der Waals surface area contributed by atoms with Crippen LogP contribution in [-0.2, 0) is 14.8 Å². The van der Waals surface area contributed by atoms with Gasteiger partial charge in [0.2, 0.25) is 10.0 Å². The average molecular weight is 394 g/mol. The van der Waals surface area contributed by atoms with E-state index in [1.165, 1.54) is 29.5 Å². The lowest BCUT2D eigenvalue weighted by atomic mass is 9.90. The number of sulfonamides is 1. The molecular formula is C17H19FN4O4S. The van der Waals surface area contributed by atoms with Crippen molar-refractivity contribution < 1.29 is 22.7 Å². The predicted octanol–water partition coefficient (Wildman–Crippen LogP) is 2.49. The fraction of sp³-hybridized carbons (Fsp3) is 0.353. The lowest BCUT2D eigenvalue weighted by Gasteiger charge is -2.26. The lowest BCUT2D eigenvalue weighted by Crippen LogP contribution is -2.35. The number of nitrogens with zero attached hydrogens (tertiary/aromatic N) is 3. The van der Waals surface area contributed by atoms with E-state index < -0.39 is 27.1 Å². The number of benzene rings is 1. The zero-order valence-corrected chi connectivity index (χ0v) is 15.4. The summed E-state index contributed by atoms with van der Waals surface area (Å²) in [5, 5.41) is 12.2. The summed E-state index contributed by atoms with van der Waals surface area (Å²) in [5.74, 6) is -2.04. The molecule has 0 fully saturated rings. The Morgan fingerprint density at radius 3 is 2.81 bits per heavy atom. The molecule has 0 saturated carbocycles. The van der Waals surface area contributed by atoms with Crippen molar-refractivity contribution >= 4 is 21.7 Å². The average Bonchev–Trinajstić information content (AvgIpc) is 3.17. The Labute approximate surface area is 155 Å². The van der Waals surface area contributed by atoms with Crippen molar-refractivity contribution in [3.63, 3.8) is 0 Å². The highest BCUT2D eigenvalue weighted by molar-refractivity contribution is 7.93. The minimum atomic E-state index is -4.13. The molecule has 1 aromatic carbocycles. The minimum absolute atomic E-state index is 0.101. The Hall–Kier alpha value is -2.75. The summed E-state index contributed by atoms with van der Waals surface area (Å²) in [6, 6.07) is 3.89. The van der Waals surface area contributed by atoms with E-state index in [0.717, 1.165) is 6.07 Å². The molecule has 2 N–H and O–H groups in total. The van der Waals surface area contributed by atoms with E-state index in [9.17, 15) is 22.7 Å². The van der Waals surface area contributed by atoms with Gasteiger partial charge in [0.05, 0.1) is 16.9 Å². The standard InChI is InChI=1S/C17H19FN4O4S/c1-2-11-4-3-5-15(16(11)17(23)24)27(25,26)21-14-7-6-12(8-13(14)18)22-10-19-9-20-22/h6-10,15,21H,2-5H2,1H3,(H,23,24). The fourth-order valence-corrected chi connectivity index (χ4v) is 4.94. The number of nitrogens with one attached hydrogen (secondary N) is 1. The highest BCUT2D eigenvalue weighted by Gasteiger charge is 2.37. The first-order chi connectivity index (χ1) is 12.8. The molecule has 1 unspecified atom stereocenters. The second-order valence-corrected chi connectivity index (χ2v) is 8.07. The Morgan fingerprint density at radius 2 is 2.22 bits per heavy atom. The third kappa shape index (κ3) is 3.85. The van der Waals surface area contributed by atoms with E-state index in [4.69, 9.17) is 0 Å². The van der Waals surface area contributed by atoms with Gasteiger partial charge in [0.1, 0.15) is 23.7 Å². The van der Waals surface area contributed by atoms with Crippen LogP contribution in [0.25, 0.3) is 5.69 Å². The molecule has 0 aliphatic heterocycles. The van der Waals surface area contributed by atoms with Crippen molar-refractivity contribution in [3.05, 3.63) is 47.8 Å². The van der Waals surface area contributed by atoms with Gasteiger partial charge in [0.25, 0.3) is 0 Å². The molecule has 27 heavy (non-hydrogen) atoms. The third-order valence-electron chi connectivity index (χ3n) is 4.57. The molecule has 0 saturated heterocycles. The van der Waals surface area contributed by atoms with Crippen LogP contribution in [-0.4, -0.2) is 39.5 Å². The molecule has 1 aliphatic rings. The number of halogens is 1. The molecule has 2 aromatic rings. The number of hydrogen-bond donors (Lipinski definition) is 2. The van der Waals surface area contributed by atoms with Crippen LogP contribution < -0.4 is 4.72 Å². The van der Waals surface area contributed by atoms with Gasteiger partial charge in [-0.15, -0.1) is 0 Å². The molecule has 1 atom stereocenters. The summed E-state index contributed by atoms with van der Waals surface area (Å²) in [6.45, 7) is 1.79. The molecule has 3 rings (SSSR count). The van der Waals surface area contributed by atoms with E-state index in [1.54, 1.807) is 6.92 Å². The molecule has 10 heteroatoms. The third-order valence-corrected chi connectivity index (χ3v) is 6.29. The minimum Gasteiger partial charge on any atom is -0.478 e. The fourth-order valence-electron chi connectivity index (χ4n) is 3.27. The van der Waals surface area contributed by atoms with E-state index in [-0.39, 0.29) is 17.7 Å². The Bertz CT molecular complexity index is 986. The topological polar surface area (TPSA) is 114 Å². The predicted molar refractivity (Wildman–Crippen MR) is 96.5 cm³/mol. The Balaban J connectivity index is 1.91. The van der Waals surface area contributed by atoms with E-state index >= 15 is 0 Å². The number of allylic oxidation sites excluding steroid dienone is 1. The first kappa shape index (κ1) is 19.0. The number of aromatic nitrogens is 3. The van der Waals surface area contributed by atoms with Crippen LogP contribution in [0.15, 0.2) is 42.0 Å². The van der Waals surface area contributed by atoms with Gasteiger partial charge in [0, 0.05) is 6.07 Å². The molecule has 1 heterocycles. The van der Waals surface area contributed by atoms with Gasteiger partial charge in [-0.2, -0.15) is 5.10 Å². The van der Waals surface area contributed by atoms with Crippen LogP contribution in [0.1, 0.15) is 32.6 Å². The Morgan fingerprint density at radius 1 is 1.44 bits per heavy atom.